The Morgan fingerprint density at radius 2 is 1.86 bits per heavy atom. The first kappa shape index (κ1) is 30.9. The second-order valence-electron chi connectivity index (χ2n) is 12.2. The Balaban J connectivity index is 1.58. The van der Waals surface area contributed by atoms with E-state index in [-0.39, 0.29) is 37.3 Å². The number of amides is 3. The second-order valence-corrected chi connectivity index (χ2v) is 12.2. The van der Waals surface area contributed by atoms with E-state index in [0.717, 1.165) is 12.8 Å². The van der Waals surface area contributed by atoms with Gasteiger partial charge in [-0.15, -0.1) is 0 Å². The maximum absolute atomic E-state index is 14.5. The number of aliphatic hydroxyl groups is 1. The number of fused-ring (bicyclic) bond motifs is 2. The summed E-state index contributed by atoms with van der Waals surface area (Å²) in [6, 6.07) is 7.47. The van der Waals surface area contributed by atoms with Crippen LogP contribution in [0.2, 0.25) is 0 Å². The van der Waals surface area contributed by atoms with E-state index in [9.17, 15) is 24.3 Å². The third-order valence-electron chi connectivity index (χ3n) is 9.17. The Bertz CT molecular complexity index is 1260. The molecule has 232 valence electrons. The summed E-state index contributed by atoms with van der Waals surface area (Å²) in [6.07, 6.45) is 8.15. The topological polar surface area (TPSA) is 125 Å². The quantitative estimate of drug-likeness (QED) is 0.368. The molecule has 2 fully saturated rings. The van der Waals surface area contributed by atoms with Crippen LogP contribution in [0.25, 0.3) is 0 Å². The summed E-state index contributed by atoms with van der Waals surface area (Å²) in [5.74, 6) is -3.59. The maximum atomic E-state index is 14.5. The predicted molar refractivity (Wildman–Crippen MR) is 158 cm³/mol. The fraction of sp³-hybridized carbons (Fsp3) is 0.576. The SMILES string of the molecule is CCCCN1C/C=C\CCC(=O)NC[C@@H](c2ccccc2)OC(=O)[C@@H]2[C@@H]3C=C[C@]4(O3)[C@H](C1=O)N([C@@H](CO)C(C)C)C(=O)[C@@H]24. The number of ether oxygens (including phenoxy) is 2. The number of benzene rings is 1. The highest BCUT2D eigenvalue weighted by atomic mass is 16.6. The molecule has 0 unspecified atom stereocenters. The Labute approximate surface area is 253 Å². The number of hydrogen-bond donors (Lipinski definition) is 2. The lowest BCUT2D eigenvalue weighted by atomic mass is 9.74. The number of esters is 1. The molecule has 10 nitrogen and oxygen atoms in total. The van der Waals surface area contributed by atoms with Gasteiger partial charge in [0.25, 0.3) is 0 Å². The molecule has 43 heavy (non-hydrogen) atoms. The van der Waals surface area contributed by atoms with Gasteiger partial charge in [0.15, 0.2) is 0 Å². The lowest BCUT2D eigenvalue weighted by Gasteiger charge is -2.40. The normalized spacial score (nSPS) is 32.6. The van der Waals surface area contributed by atoms with Crippen molar-refractivity contribution in [3.63, 3.8) is 0 Å². The van der Waals surface area contributed by atoms with Gasteiger partial charge >= 0.3 is 5.97 Å². The second kappa shape index (κ2) is 13.0. The maximum Gasteiger partial charge on any atom is 0.313 e. The zero-order valence-corrected chi connectivity index (χ0v) is 25.2. The van der Waals surface area contributed by atoms with E-state index in [1.807, 2.05) is 63.3 Å². The molecule has 0 radical (unpaired) electrons. The van der Waals surface area contributed by atoms with Crippen LogP contribution in [0.1, 0.15) is 58.1 Å². The molecular formula is C33H43N3O7. The molecule has 2 saturated heterocycles. The largest absolute Gasteiger partial charge is 0.455 e. The molecule has 7 atom stereocenters. The van der Waals surface area contributed by atoms with Crippen molar-refractivity contribution in [3.8, 4) is 0 Å². The molecule has 1 aromatic carbocycles. The average molecular weight is 594 g/mol. The van der Waals surface area contributed by atoms with Gasteiger partial charge < -0.3 is 29.7 Å². The van der Waals surface area contributed by atoms with Gasteiger partial charge in [-0.05, 0) is 24.3 Å². The summed E-state index contributed by atoms with van der Waals surface area (Å²) < 4.78 is 12.6. The highest BCUT2D eigenvalue weighted by molar-refractivity contribution is 5.99. The number of hydrogen-bond acceptors (Lipinski definition) is 7. The first-order valence-corrected chi connectivity index (χ1v) is 15.5. The lowest BCUT2D eigenvalue weighted by molar-refractivity contribution is -0.160. The number of unbranched alkanes of at least 4 members (excludes halogenated alkanes) is 1. The van der Waals surface area contributed by atoms with Gasteiger partial charge in [-0.2, -0.15) is 0 Å². The van der Waals surface area contributed by atoms with Crippen molar-refractivity contribution >= 4 is 23.7 Å². The minimum absolute atomic E-state index is 0.0775. The van der Waals surface area contributed by atoms with E-state index in [0.29, 0.717) is 25.1 Å². The van der Waals surface area contributed by atoms with Crippen LogP contribution in [-0.2, 0) is 28.7 Å². The van der Waals surface area contributed by atoms with Crippen LogP contribution < -0.4 is 5.32 Å². The number of carbonyl (C=O) groups is 4. The van der Waals surface area contributed by atoms with Crippen LogP contribution in [0.5, 0.6) is 0 Å². The van der Waals surface area contributed by atoms with Gasteiger partial charge in [-0.1, -0.05) is 81.8 Å². The summed E-state index contributed by atoms with van der Waals surface area (Å²) in [5.41, 5.74) is -0.647. The van der Waals surface area contributed by atoms with Crippen molar-refractivity contribution in [1.29, 1.82) is 0 Å². The van der Waals surface area contributed by atoms with Crippen molar-refractivity contribution in [2.45, 2.75) is 76.3 Å². The standard InChI is InChI=1S/C33H43N3O7/c1-4-5-17-35-18-11-7-10-14-26(38)34-19-25(22-12-8-6-9-13-22)42-32(41)27-24-15-16-33(43-24)28(27)30(39)36(29(33)31(35)40)23(20-37)21(2)3/h6-9,11-13,15-16,21,23-25,27-29,37H,4-5,10,14,17-20H2,1-3H3,(H,34,38)/b11-7-/t23-,24-,25-,27+,28+,29-,33+/m0/s1. The van der Waals surface area contributed by atoms with Crippen LogP contribution in [0, 0.1) is 17.8 Å². The van der Waals surface area contributed by atoms with E-state index >= 15 is 0 Å². The molecule has 10 heteroatoms. The molecule has 4 aliphatic heterocycles. The van der Waals surface area contributed by atoms with Gasteiger partial charge in [0.2, 0.25) is 17.7 Å². The van der Waals surface area contributed by atoms with E-state index in [1.54, 1.807) is 17.1 Å². The smallest absolute Gasteiger partial charge is 0.313 e. The number of carbonyl (C=O) groups excluding carboxylic acids is 4. The highest BCUT2D eigenvalue weighted by Gasteiger charge is 2.74. The molecule has 2 N–H and O–H groups in total. The third kappa shape index (κ3) is 5.74. The first-order valence-electron chi connectivity index (χ1n) is 15.5. The molecule has 4 heterocycles. The molecule has 1 aromatic rings. The molecule has 3 amide bonds. The molecule has 1 spiro atoms. The zero-order valence-electron chi connectivity index (χ0n) is 25.2. The number of allylic oxidation sites excluding steroid dienone is 1. The van der Waals surface area contributed by atoms with Crippen LogP contribution in [0.15, 0.2) is 54.6 Å². The molecule has 5 bridgehead atoms. The van der Waals surface area contributed by atoms with Gasteiger partial charge in [-0.3, -0.25) is 19.2 Å². The lowest BCUT2D eigenvalue weighted by Crippen LogP contribution is -2.59. The van der Waals surface area contributed by atoms with Crippen molar-refractivity contribution in [2.75, 3.05) is 26.2 Å². The van der Waals surface area contributed by atoms with E-state index < -0.39 is 53.6 Å². The van der Waals surface area contributed by atoms with Crippen LogP contribution in [0.3, 0.4) is 0 Å². The molecular weight excluding hydrogens is 550 g/mol. The molecule has 5 rings (SSSR count). The number of rotatable bonds is 7. The number of cyclic esters (lactones) is 1. The summed E-state index contributed by atoms with van der Waals surface area (Å²) >= 11 is 0. The van der Waals surface area contributed by atoms with Gasteiger partial charge in [0.05, 0.1) is 31.2 Å². The van der Waals surface area contributed by atoms with Crippen molar-refractivity contribution in [2.24, 2.45) is 17.8 Å². The fourth-order valence-corrected chi connectivity index (χ4v) is 6.89. The summed E-state index contributed by atoms with van der Waals surface area (Å²) in [7, 11) is 0. The van der Waals surface area contributed by atoms with Crippen molar-refractivity contribution in [3.05, 3.63) is 60.2 Å². The van der Waals surface area contributed by atoms with Gasteiger partial charge in [-0.25, -0.2) is 0 Å². The minimum atomic E-state index is -1.36. The average Bonchev–Trinajstić information content (AvgIpc) is 3.64. The Hall–Kier alpha value is -3.50. The third-order valence-corrected chi connectivity index (χ3v) is 9.17. The first-order chi connectivity index (χ1) is 20.7. The highest BCUT2D eigenvalue weighted by Crippen LogP contribution is 2.56. The summed E-state index contributed by atoms with van der Waals surface area (Å²) in [6.45, 7) is 6.37. The van der Waals surface area contributed by atoms with E-state index in [1.165, 1.54) is 4.90 Å². The minimum Gasteiger partial charge on any atom is -0.455 e. The fourth-order valence-electron chi connectivity index (χ4n) is 6.89. The summed E-state index contributed by atoms with van der Waals surface area (Å²) in [4.78, 5) is 58.8. The molecule has 0 aliphatic carbocycles. The number of nitrogens with zero attached hydrogens (tertiary/aromatic N) is 2. The van der Waals surface area contributed by atoms with Gasteiger partial charge in [0.1, 0.15) is 23.7 Å². The summed E-state index contributed by atoms with van der Waals surface area (Å²) in [5, 5.41) is 13.3. The van der Waals surface area contributed by atoms with E-state index in [4.69, 9.17) is 9.47 Å². The van der Waals surface area contributed by atoms with Crippen LogP contribution in [0.4, 0.5) is 0 Å². The van der Waals surface area contributed by atoms with Crippen molar-refractivity contribution in [1.82, 2.24) is 15.1 Å². The number of aliphatic hydroxyl groups excluding tert-OH is 1. The zero-order chi connectivity index (χ0) is 30.7. The number of nitrogens with one attached hydrogen (secondary N) is 1. The van der Waals surface area contributed by atoms with Crippen LogP contribution >= 0.6 is 0 Å². The molecule has 0 aromatic heterocycles. The van der Waals surface area contributed by atoms with E-state index in [2.05, 4.69) is 5.32 Å². The number of likely N-dealkylation sites (tertiary alicyclic amines) is 1. The Morgan fingerprint density at radius 1 is 1.09 bits per heavy atom. The van der Waals surface area contributed by atoms with Crippen LogP contribution in [-0.4, -0.2) is 88.6 Å². The molecule has 0 saturated carbocycles. The Morgan fingerprint density at radius 3 is 2.56 bits per heavy atom. The predicted octanol–water partition coefficient (Wildman–Crippen LogP) is 2.53. The Kier molecular flexibility index (Phi) is 9.36. The van der Waals surface area contributed by atoms with Crippen molar-refractivity contribution < 1.29 is 33.8 Å². The molecule has 4 aliphatic rings. The monoisotopic (exact) mass is 593 g/mol. The van der Waals surface area contributed by atoms with Gasteiger partial charge in [0, 0.05) is 19.5 Å².